The molecular weight excluding hydrogens is 248 g/mol. The molecule has 1 amide bonds. The second-order valence-corrected chi connectivity index (χ2v) is 5.46. The highest BCUT2D eigenvalue weighted by molar-refractivity contribution is 5.81. The van der Waals surface area contributed by atoms with Gasteiger partial charge in [-0.25, -0.2) is 0 Å². The predicted molar refractivity (Wildman–Crippen MR) is 84.7 cm³/mol. The Morgan fingerprint density at radius 3 is 2.55 bits per heavy atom. The minimum atomic E-state index is -0.120. The Labute approximate surface area is 123 Å². The Balaban J connectivity index is 2.16. The Kier molecular flexibility index (Phi) is 7.97. The van der Waals surface area contributed by atoms with Gasteiger partial charge >= 0.3 is 0 Å². The summed E-state index contributed by atoms with van der Waals surface area (Å²) in [6.45, 7) is 6.99. The maximum atomic E-state index is 11.9. The number of benzene rings is 1. The smallest absolute Gasteiger partial charge is 0.237 e. The lowest BCUT2D eigenvalue weighted by Crippen LogP contribution is -2.45. The van der Waals surface area contributed by atoms with E-state index in [-0.39, 0.29) is 18.0 Å². The van der Waals surface area contributed by atoms with Gasteiger partial charge in [-0.2, -0.15) is 0 Å². The lowest BCUT2D eigenvalue weighted by molar-refractivity contribution is -0.123. The van der Waals surface area contributed by atoms with Crippen LogP contribution in [-0.2, 0) is 11.2 Å². The number of nitrogens with one attached hydrogen (secondary N) is 2. The fourth-order valence-electron chi connectivity index (χ4n) is 2.22. The zero-order valence-corrected chi connectivity index (χ0v) is 13.0. The van der Waals surface area contributed by atoms with E-state index in [1.807, 2.05) is 13.0 Å². The van der Waals surface area contributed by atoms with Crippen LogP contribution in [0.15, 0.2) is 30.3 Å². The molecule has 0 saturated heterocycles. The Hall–Kier alpha value is -1.35. The van der Waals surface area contributed by atoms with E-state index in [1.165, 1.54) is 5.56 Å². The monoisotopic (exact) mass is 276 g/mol. The summed E-state index contributed by atoms with van der Waals surface area (Å²) in [5.74, 6) is 0.102. The van der Waals surface area contributed by atoms with E-state index in [2.05, 4.69) is 48.7 Å². The first-order chi connectivity index (χ1) is 9.63. The number of aryl methyl sites for hydroxylation is 1. The van der Waals surface area contributed by atoms with Crippen molar-refractivity contribution in [3.05, 3.63) is 35.9 Å². The molecule has 3 heteroatoms. The van der Waals surface area contributed by atoms with Crippen molar-refractivity contribution in [1.82, 2.24) is 10.6 Å². The van der Waals surface area contributed by atoms with Gasteiger partial charge in [0.15, 0.2) is 0 Å². The highest BCUT2D eigenvalue weighted by Gasteiger charge is 2.13. The van der Waals surface area contributed by atoms with Crippen molar-refractivity contribution in [2.75, 3.05) is 6.54 Å². The van der Waals surface area contributed by atoms with Crippen LogP contribution in [0.4, 0.5) is 0 Å². The van der Waals surface area contributed by atoms with Crippen LogP contribution in [0, 0.1) is 0 Å². The molecule has 0 radical (unpaired) electrons. The van der Waals surface area contributed by atoms with Gasteiger partial charge in [0.1, 0.15) is 0 Å². The second-order valence-electron chi connectivity index (χ2n) is 5.46. The third-order valence-corrected chi connectivity index (χ3v) is 3.44. The summed E-state index contributed by atoms with van der Waals surface area (Å²) in [4.78, 5) is 11.9. The quantitative estimate of drug-likeness (QED) is 0.681. The molecule has 20 heavy (non-hydrogen) atoms. The fraction of sp³-hybridized carbons (Fsp3) is 0.588. The van der Waals surface area contributed by atoms with Crippen LogP contribution in [0.1, 0.15) is 45.6 Å². The SMILES string of the molecule is CCCC(C)NC(=O)C(C)NCCCc1ccccc1. The molecule has 2 N–H and O–H groups in total. The first kappa shape index (κ1) is 16.7. The van der Waals surface area contributed by atoms with Gasteiger partial charge in [0.25, 0.3) is 0 Å². The maximum absolute atomic E-state index is 11.9. The third-order valence-electron chi connectivity index (χ3n) is 3.44. The van der Waals surface area contributed by atoms with Crippen LogP contribution in [0.25, 0.3) is 0 Å². The molecule has 0 spiro atoms. The molecular formula is C17H28N2O. The van der Waals surface area contributed by atoms with E-state index in [0.29, 0.717) is 0 Å². The largest absolute Gasteiger partial charge is 0.352 e. The summed E-state index contributed by atoms with van der Waals surface area (Å²) >= 11 is 0. The van der Waals surface area contributed by atoms with Crippen LogP contribution in [0.2, 0.25) is 0 Å². The molecule has 1 aromatic rings. The number of amides is 1. The van der Waals surface area contributed by atoms with E-state index in [0.717, 1.165) is 32.2 Å². The van der Waals surface area contributed by atoms with Crippen molar-refractivity contribution in [3.8, 4) is 0 Å². The first-order valence-electron chi connectivity index (χ1n) is 7.71. The molecule has 1 rings (SSSR count). The number of rotatable bonds is 9. The lowest BCUT2D eigenvalue weighted by atomic mass is 10.1. The average molecular weight is 276 g/mol. The molecule has 0 saturated carbocycles. The second kappa shape index (κ2) is 9.54. The van der Waals surface area contributed by atoms with Gasteiger partial charge in [-0.3, -0.25) is 4.79 Å². The Morgan fingerprint density at radius 1 is 1.20 bits per heavy atom. The normalized spacial score (nSPS) is 13.8. The van der Waals surface area contributed by atoms with Crippen LogP contribution in [0.5, 0.6) is 0 Å². The molecule has 0 aliphatic rings. The average Bonchev–Trinajstić information content (AvgIpc) is 2.44. The van der Waals surface area contributed by atoms with Gasteiger partial charge in [0.2, 0.25) is 5.91 Å². The van der Waals surface area contributed by atoms with Crippen LogP contribution >= 0.6 is 0 Å². The summed E-state index contributed by atoms with van der Waals surface area (Å²) in [5, 5.41) is 6.33. The highest BCUT2D eigenvalue weighted by atomic mass is 16.2. The standard InChI is InChI=1S/C17H28N2O/c1-4-9-14(2)19-17(20)15(3)18-13-8-12-16-10-6-5-7-11-16/h5-7,10-11,14-15,18H,4,8-9,12-13H2,1-3H3,(H,19,20). The van der Waals surface area contributed by atoms with E-state index < -0.39 is 0 Å². The van der Waals surface area contributed by atoms with E-state index in [1.54, 1.807) is 0 Å². The van der Waals surface area contributed by atoms with Crippen molar-refractivity contribution in [2.45, 2.75) is 58.5 Å². The molecule has 0 aliphatic carbocycles. The summed E-state index contributed by atoms with van der Waals surface area (Å²) < 4.78 is 0. The number of carbonyl (C=O) groups excluding carboxylic acids is 1. The minimum Gasteiger partial charge on any atom is -0.352 e. The van der Waals surface area contributed by atoms with Crippen LogP contribution in [0.3, 0.4) is 0 Å². The predicted octanol–water partition coefficient (Wildman–Crippen LogP) is 2.90. The van der Waals surface area contributed by atoms with E-state index in [9.17, 15) is 4.79 Å². The molecule has 0 heterocycles. The fourth-order valence-corrected chi connectivity index (χ4v) is 2.22. The Bertz CT molecular complexity index is 378. The number of hydrogen-bond donors (Lipinski definition) is 2. The molecule has 1 aromatic carbocycles. The maximum Gasteiger partial charge on any atom is 0.237 e. The highest BCUT2D eigenvalue weighted by Crippen LogP contribution is 2.01. The van der Waals surface area contributed by atoms with Crippen molar-refractivity contribution >= 4 is 5.91 Å². The summed E-state index contributed by atoms with van der Waals surface area (Å²) in [6, 6.07) is 10.6. The van der Waals surface area contributed by atoms with Crippen molar-refractivity contribution in [2.24, 2.45) is 0 Å². The summed E-state index contributed by atoms with van der Waals surface area (Å²) in [7, 11) is 0. The van der Waals surface area contributed by atoms with Crippen LogP contribution in [-0.4, -0.2) is 24.5 Å². The summed E-state index contributed by atoms with van der Waals surface area (Å²) in [6.07, 6.45) is 4.23. The summed E-state index contributed by atoms with van der Waals surface area (Å²) in [5.41, 5.74) is 1.35. The number of carbonyl (C=O) groups is 1. The molecule has 0 aromatic heterocycles. The number of hydrogen-bond acceptors (Lipinski definition) is 2. The zero-order chi connectivity index (χ0) is 14.8. The lowest BCUT2D eigenvalue weighted by Gasteiger charge is -2.18. The van der Waals surface area contributed by atoms with Gasteiger partial charge in [-0.15, -0.1) is 0 Å². The molecule has 0 fully saturated rings. The van der Waals surface area contributed by atoms with Crippen LogP contribution < -0.4 is 10.6 Å². The van der Waals surface area contributed by atoms with E-state index in [4.69, 9.17) is 0 Å². The molecule has 112 valence electrons. The van der Waals surface area contributed by atoms with Gasteiger partial charge in [0, 0.05) is 6.04 Å². The van der Waals surface area contributed by atoms with Crippen molar-refractivity contribution in [1.29, 1.82) is 0 Å². The topological polar surface area (TPSA) is 41.1 Å². The molecule has 2 unspecified atom stereocenters. The van der Waals surface area contributed by atoms with Gasteiger partial charge in [0.05, 0.1) is 6.04 Å². The van der Waals surface area contributed by atoms with Crippen molar-refractivity contribution in [3.63, 3.8) is 0 Å². The minimum absolute atomic E-state index is 0.102. The third kappa shape index (κ3) is 6.71. The zero-order valence-electron chi connectivity index (χ0n) is 13.0. The van der Waals surface area contributed by atoms with E-state index >= 15 is 0 Å². The van der Waals surface area contributed by atoms with Gasteiger partial charge < -0.3 is 10.6 Å². The molecule has 0 aliphatic heterocycles. The molecule has 2 atom stereocenters. The first-order valence-corrected chi connectivity index (χ1v) is 7.71. The van der Waals surface area contributed by atoms with Crippen molar-refractivity contribution < 1.29 is 4.79 Å². The van der Waals surface area contributed by atoms with Gasteiger partial charge in [-0.05, 0) is 45.2 Å². The molecule has 3 nitrogen and oxygen atoms in total. The Morgan fingerprint density at radius 2 is 1.90 bits per heavy atom. The molecule has 0 bridgehead atoms. The van der Waals surface area contributed by atoms with Gasteiger partial charge in [-0.1, -0.05) is 43.7 Å².